The largest absolute Gasteiger partial charge is 0.464 e. The molecule has 22 heavy (non-hydrogen) atoms. The Bertz CT molecular complexity index is 557. The predicted octanol–water partition coefficient (Wildman–Crippen LogP) is 1.92. The lowest BCUT2D eigenvalue weighted by Gasteiger charge is -2.26. The van der Waals surface area contributed by atoms with Gasteiger partial charge < -0.3 is 9.47 Å². The highest BCUT2D eigenvalue weighted by Crippen LogP contribution is 2.21. The smallest absolute Gasteiger partial charge is 0.419 e. The van der Waals surface area contributed by atoms with E-state index in [4.69, 9.17) is 4.74 Å². The van der Waals surface area contributed by atoms with Crippen LogP contribution in [0.1, 0.15) is 25.8 Å². The number of rotatable bonds is 6. The molecule has 6 nitrogen and oxygen atoms in total. The number of nitrogens with zero attached hydrogens (tertiary/aromatic N) is 1. The van der Waals surface area contributed by atoms with Gasteiger partial charge in [-0.15, -0.1) is 0 Å². The van der Waals surface area contributed by atoms with Crippen molar-refractivity contribution in [2.75, 3.05) is 6.61 Å². The number of benzene rings is 1. The molecule has 1 unspecified atom stereocenters. The highest BCUT2D eigenvalue weighted by molar-refractivity contribution is 5.97. The van der Waals surface area contributed by atoms with Gasteiger partial charge in [-0.1, -0.05) is 30.3 Å². The third-order valence-corrected chi connectivity index (χ3v) is 3.60. The van der Waals surface area contributed by atoms with E-state index < -0.39 is 30.1 Å². The summed E-state index contributed by atoms with van der Waals surface area (Å²) in [5.74, 6) is -1.16. The first-order valence-corrected chi connectivity index (χ1v) is 7.29. The first-order chi connectivity index (χ1) is 10.5. The van der Waals surface area contributed by atoms with E-state index in [-0.39, 0.29) is 6.61 Å². The zero-order valence-electron chi connectivity index (χ0n) is 12.7. The first kappa shape index (κ1) is 16.0. The molecule has 1 heterocycles. The molecule has 1 saturated heterocycles. The standard InChI is InChI=1S/C16H19NO5/c1-3-21-15(19)13(10-9-12-7-5-4-6-8-12)17-11(2)14(18)22-16(17)20/h4-8,11,13H,3,9-10H2,1-2H3/t11-,13?/m0/s1. The SMILES string of the molecule is CCOC(=O)C(CCc1ccccc1)N1C(=O)OC(=O)[C@@H]1C. The molecule has 1 aliphatic heterocycles. The van der Waals surface area contributed by atoms with Crippen LogP contribution < -0.4 is 0 Å². The van der Waals surface area contributed by atoms with E-state index in [0.717, 1.165) is 5.56 Å². The fraction of sp³-hybridized carbons (Fsp3) is 0.438. The molecule has 2 atom stereocenters. The maximum absolute atomic E-state index is 12.2. The molecule has 1 fully saturated rings. The van der Waals surface area contributed by atoms with Crippen LogP contribution in [-0.2, 0) is 25.5 Å². The molecule has 0 N–H and O–H groups in total. The molecule has 2 rings (SSSR count). The third kappa shape index (κ3) is 3.44. The molecule has 6 heteroatoms. The number of hydrogen-bond donors (Lipinski definition) is 0. The van der Waals surface area contributed by atoms with Crippen LogP contribution in [-0.4, -0.2) is 41.6 Å². The molecule has 1 aromatic carbocycles. The Kier molecular flexibility index (Phi) is 5.14. The van der Waals surface area contributed by atoms with Gasteiger partial charge in [0.15, 0.2) is 0 Å². The number of ether oxygens (including phenoxy) is 2. The van der Waals surface area contributed by atoms with Crippen LogP contribution >= 0.6 is 0 Å². The monoisotopic (exact) mass is 305 g/mol. The molecule has 0 saturated carbocycles. The van der Waals surface area contributed by atoms with E-state index in [1.54, 1.807) is 13.8 Å². The zero-order valence-corrected chi connectivity index (χ0v) is 12.7. The van der Waals surface area contributed by atoms with Crippen molar-refractivity contribution in [2.45, 2.75) is 38.8 Å². The Labute approximate surface area is 129 Å². The molecule has 0 aromatic heterocycles. The zero-order chi connectivity index (χ0) is 16.1. The quantitative estimate of drug-likeness (QED) is 0.593. The highest BCUT2D eigenvalue weighted by atomic mass is 16.6. The average molecular weight is 305 g/mol. The van der Waals surface area contributed by atoms with E-state index in [2.05, 4.69) is 4.74 Å². The van der Waals surface area contributed by atoms with Crippen molar-refractivity contribution >= 4 is 18.0 Å². The molecule has 0 spiro atoms. The number of carbonyl (C=O) groups excluding carboxylic acids is 3. The Morgan fingerprint density at radius 3 is 2.55 bits per heavy atom. The van der Waals surface area contributed by atoms with Gasteiger partial charge in [-0.2, -0.15) is 0 Å². The topological polar surface area (TPSA) is 72.9 Å². The Morgan fingerprint density at radius 1 is 1.32 bits per heavy atom. The lowest BCUT2D eigenvalue weighted by atomic mass is 10.0. The van der Waals surface area contributed by atoms with E-state index >= 15 is 0 Å². The molecular formula is C16H19NO5. The summed E-state index contributed by atoms with van der Waals surface area (Å²) in [6, 6.07) is 8.01. The summed E-state index contributed by atoms with van der Waals surface area (Å²) in [4.78, 5) is 36.7. The average Bonchev–Trinajstić information content (AvgIpc) is 2.75. The highest BCUT2D eigenvalue weighted by Gasteiger charge is 2.45. The molecule has 1 amide bonds. The van der Waals surface area contributed by atoms with E-state index in [1.807, 2.05) is 30.3 Å². The van der Waals surface area contributed by atoms with Gasteiger partial charge in [0.2, 0.25) is 0 Å². The van der Waals surface area contributed by atoms with Crippen LogP contribution in [0, 0.1) is 0 Å². The Hall–Kier alpha value is -2.37. The molecule has 1 aliphatic rings. The second-order valence-electron chi connectivity index (χ2n) is 5.06. The summed E-state index contributed by atoms with van der Waals surface area (Å²) < 4.78 is 9.62. The van der Waals surface area contributed by atoms with Gasteiger partial charge in [0.05, 0.1) is 6.61 Å². The minimum Gasteiger partial charge on any atom is -0.464 e. The number of carbonyl (C=O) groups is 3. The van der Waals surface area contributed by atoms with Crippen molar-refractivity contribution in [3.63, 3.8) is 0 Å². The van der Waals surface area contributed by atoms with Gasteiger partial charge in [0.25, 0.3) is 0 Å². The van der Waals surface area contributed by atoms with Crippen molar-refractivity contribution in [3.8, 4) is 0 Å². The summed E-state index contributed by atoms with van der Waals surface area (Å²) >= 11 is 0. The summed E-state index contributed by atoms with van der Waals surface area (Å²) in [5, 5.41) is 0. The number of esters is 2. The van der Waals surface area contributed by atoms with Crippen LogP contribution in [0.2, 0.25) is 0 Å². The van der Waals surface area contributed by atoms with E-state index in [0.29, 0.717) is 12.8 Å². The second kappa shape index (κ2) is 7.06. The maximum atomic E-state index is 12.2. The van der Waals surface area contributed by atoms with Crippen LogP contribution in [0.15, 0.2) is 30.3 Å². The second-order valence-corrected chi connectivity index (χ2v) is 5.06. The number of cyclic esters (lactones) is 2. The van der Waals surface area contributed by atoms with E-state index in [1.165, 1.54) is 4.90 Å². The van der Waals surface area contributed by atoms with Gasteiger partial charge in [0, 0.05) is 0 Å². The fourth-order valence-corrected chi connectivity index (χ4v) is 2.45. The number of hydrogen-bond acceptors (Lipinski definition) is 5. The van der Waals surface area contributed by atoms with Crippen molar-refractivity contribution in [2.24, 2.45) is 0 Å². The van der Waals surface area contributed by atoms with Crippen LogP contribution in [0.5, 0.6) is 0 Å². The predicted molar refractivity (Wildman–Crippen MR) is 78.0 cm³/mol. The minimum atomic E-state index is -0.825. The molecule has 0 aliphatic carbocycles. The van der Waals surface area contributed by atoms with Crippen LogP contribution in [0.4, 0.5) is 4.79 Å². The van der Waals surface area contributed by atoms with Crippen molar-refractivity contribution in [1.29, 1.82) is 0 Å². The molecule has 0 bridgehead atoms. The summed E-state index contributed by atoms with van der Waals surface area (Å²) in [5.41, 5.74) is 1.04. The van der Waals surface area contributed by atoms with Crippen LogP contribution in [0.25, 0.3) is 0 Å². The first-order valence-electron chi connectivity index (χ1n) is 7.29. The molecule has 0 radical (unpaired) electrons. The van der Waals surface area contributed by atoms with Crippen molar-refractivity contribution < 1.29 is 23.9 Å². The van der Waals surface area contributed by atoms with Gasteiger partial charge in [0.1, 0.15) is 12.1 Å². The van der Waals surface area contributed by atoms with Gasteiger partial charge in [-0.25, -0.2) is 14.4 Å². The minimum absolute atomic E-state index is 0.214. The summed E-state index contributed by atoms with van der Waals surface area (Å²) in [7, 11) is 0. The summed E-state index contributed by atoms with van der Waals surface area (Å²) in [6.45, 7) is 3.46. The fourth-order valence-electron chi connectivity index (χ4n) is 2.45. The van der Waals surface area contributed by atoms with Gasteiger partial charge in [-0.3, -0.25) is 4.90 Å². The number of amides is 1. The molecule has 118 valence electrons. The summed E-state index contributed by atoms with van der Waals surface area (Å²) in [6.07, 6.45) is 0.175. The van der Waals surface area contributed by atoms with Gasteiger partial charge >= 0.3 is 18.0 Å². The third-order valence-electron chi connectivity index (χ3n) is 3.60. The van der Waals surface area contributed by atoms with Crippen molar-refractivity contribution in [3.05, 3.63) is 35.9 Å². The normalized spacial score (nSPS) is 19.0. The lowest BCUT2D eigenvalue weighted by Crippen LogP contribution is -2.47. The Balaban J connectivity index is 2.14. The van der Waals surface area contributed by atoms with Gasteiger partial charge in [-0.05, 0) is 32.3 Å². The van der Waals surface area contributed by atoms with Crippen molar-refractivity contribution in [1.82, 2.24) is 4.90 Å². The molecular weight excluding hydrogens is 286 g/mol. The van der Waals surface area contributed by atoms with E-state index in [9.17, 15) is 14.4 Å². The Morgan fingerprint density at radius 2 is 2.00 bits per heavy atom. The maximum Gasteiger partial charge on any atom is 0.419 e. The molecule has 1 aromatic rings. The van der Waals surface area contributed by atoms with Crippen LogP contribution in [0.3, 0.4) is 0 Å². The number of aryl methyl sites for hydroxylation is 1. The lowest BCUT2D eigenvalue weighted by molar-refractivity contribution is -0.149.